The average molecular weight is 324 g/mol. The van der Waals surface area contributed by atoms with Crippen molar-refractivity contribution in [3.8, 4) is 0 Å². The Morgan fingerprint density at radius 1 is 0.905 bits per heavy atom. The molecule has 0 heterocycles. The Morgan fingerprint density at radius 2 is 1.57 bits per heavy atom. The summed E-state index contributed by atoms with van der Waals surface area (Å²) in [5, 5.41) is 0.604. The van der Waals surface area contributed by atoms with Crippen LogP contribution in [0, 0.1) is 0 Å². The van der Waals surface area contributed by atoms with Crippen molar-refractivity contribution in [3.63, 3.8) is 0 Å². The van der Waals surface area contributed by atoms with Gasteiger partial charge in [-0.05, 0) is 36.1 Å². The lowest BCUT2D eigenvalue weighted by Gasteiger charge is -2.07. The normalized spacial score (nSPS) is 11.5. The second-order valence-corrected chi connectivity index (χ2v) is 7.11. The molecular formula is C16H18ClNO2S. The Labute approximate surface area is 131 Å². The predicted octanol–water partition coefficient (Wildman–Crippen LogP) is 3.39. The van der Waals surface area contributed by atoms with E-state index < -0.39 is 10.0 Å². The van der Waals surface area contributed by atoms with Gasteiger partial charge >= 0.3 is 0 Å². The van der Waals surface area contributed by atoms with E-state index in [1.807, 2.05) is 30.3 Å². The third kappa shape index (κ3) is 5.87. The second kappa shape index (κ2) is 7.59. The second-order valence-electron chi connectivity index (χ2n) is 4.87. The van der Waals surface area contributed by atoms with Gasteiger partial charge in [0, 0.05) is 11.6 Å². The molecule has 0 atom stereocenters. The van der Waals surface area contributed by atoms with Crippen LogP contribution in [-0.4, -0.2) is 15.0 Å². The van der Waals surface area contributed by atoms with Crippen LogP contribution < -0.4 is 4.72 Å². The lowest BCUT2D eigenvalue weighted by molar-refractivity contribution is 0.578. The maximum Gasteiger partial charge on any atom is 0.215 e. The van der Waals surface area contributed by atoms with E-state index >= 15 is 0 Å². The Kier molecular flexibility index (Phi) is 5.79. The maximum absolute atomic E-state index is 12.0. The van der Waals surface area contributed by atoms with Crippen LogP contribution in [-0.2, 0) is 22.2 Å². The van der Waals surface area contributed by atoms with Gasteiger partial charge in [-0.1, -0.05) is 54.1 Å². The van der Waals surface area contributed by atoms with Gasteiger partial charge < -0.3 is 0 Å². The first-order valence-corrected chi connectivity index (χ1v) is 8.84. The minimum Gasteiger partial charge on any atom is -0.215 e. The molecule has 0 aliphatic rings. The highest BCUT2D eigenvalue weighted by Gasteiger charge is 2.10. The molecule has 3 nitrogen and oxygen atoms in total. The molecule has 0 aliphatic heterocycles. The molecule has 0 unspecified atom stereocenters. The summed E-state index contributed by atoms with van der Waals surface area (Å²) in [6.07, 6.45) is 1.65. The Morgan fingerprint density at radius 3 is 2.24 bits per heavy atom. The van der Waals surface area contributed by atoms with Gasteiger partial charge in [-0.15, -0.1) is 0 Å². The van der Waals surface area contributed by atoms with Crippen LogP contribution in [0.5, 0.6) is 0 Å². The zero-order valence-corrected chi connectivity index (χ0v) is 13.2. The Hall–Kier alpha value is -1.36. The summed E-state index contributed by atoms with van der Waals surface area (Å²) in [7, 11) is -3.29. The van der Waals surface area contributed by atoms with Crippen LogP contribution in [0.3, 0.4) is 0 Å². The number of hydrogen-bond acceptors (Lipinski definition) is 2. The molecule has 2 aromatic carbocycles. The molecular weight excluding hydrogens is 306 g/mol. The molecule has 0 spiro atoms. The van der Waals surface area contributed by atoms with Gasteiger partial charge in [0.05, 0.1) is 5.75 Å². The third-order valence-electron chi connectivity index (χ3n) is 3.08. The van der Waals surface area contributed by atoms with Crippen molar-refractivity contribution >= 4 is 21.6 Å². The number of rotatable bonds is 7. The van der Waals surface area contributed by atoms with Crippen molar-refractivity contribution in [2.24, 2.45) is 0 Å². The highest BCUT2D eigenvalue weighted by Crippen LogP contribution is 2.11. The van der Waals surface area contributed by atoms with Gasteiger partial charge in [0.2, 0.25) is 10.0 Å². The van der Waals surface area contributed by atoms with E-state index in [0.717, 1.165) is 18.4 Å². The number of nitrogens with one attached hydrogen (secondary N) is 1. The van der Waals surface area contributed by atoms with E-state index in [1.54, 1.807) is 24.3 Å². The SMILES string of the molecule is O=S(=O)(Cc1ccc(Cl)cc1)NCCCc1ccccc1. The van der Waals surface area contributed by atoms with Gasteiger partial charge in [0.15, 0.2) is 0 Å². The molecule has 0 bridgehead atoms. The van der Waals surface area contributed by atoms with Gasteiger partial charge in [-0.25, -0.2) is 13.1 Å². The standard InChI is InChI=1S/C16H18ClNO2S/c17-16-10-8-15(9-11-16)13-21(19,20)18-12-4-7-14-5-2-1-3-6-14/h1-3,5-6,8-11,18H,4,7,12-13H2. The number of aryl methyl sites for hydroxylation is 1. The zero-order chi connectivity index (χ0) is 15.1. The monoisotopic (exact) mass is 323 g/mol. The molecule has 1 N–H and O–H groups in total. The average Bonchev–Trinajstić information content (AvgIpc) is 2.47. The first-order valence-electron chi connectivity index (χ1n) is 6.81. The molecule has 0 saturated heterocycles. The zero-order valence-electron chi connectivity index (χ0n) is 11.6. The third-order valence-corrected chi connectivity index (χ3v) is 4.69. The van der Waals surface area contributed by atoms with Crippen molar-refractivity contribution in [2.75, 3.05) is 6.54 Å². The highest BCUT2D eigenvalue weighted by molar-refractivity contribution is 7.88. The van der Waals surface area contributed by atoms with Crippen molar-refractivity contribution in [3.05, 3.63) is 70.7 Å². The smallest absolute Gasteiger partial charge is 0.215 e. The summed E-state index contributed by atoms with van der Waals surface area (Å²) in [5.41, 5.74) is 1.95. The molecule has 21 heavy (non-hydrogen) atoms. The predicted molar refractivity (Wildman–Crippen MR) is 86.8 cm³/mol. The van der Waals surface area contributed by atoms with E-state index in [9.17, 15) is 8.42 Å². The Balaban J connectivity index is 1.77. The van der Waals surface area contributed by atoms with Crippen LogP contribution in [0.2, 0.25) is 5.02 Å². The summed E-state index contributed by atoms with van der Waals surface area (Å²) in [6.45, 7) is 0.449. The van der Waals surface area contributed by atoms with Crippen molar-refractivity contribution < 1.29 is 8.42 Å². The highest BCUT2D eigenvalue weighted by atomic mass is 35.5. The summed E-state index contributed by atoms with van der Waals surface area (Å²) in [4.78, 5) is 0. The maximum atomic E-state index is 12.0. The molecule has 0 aliphatic carbocycles. The van der Waals surface area contributed by atoms with Gasteiger partial charge in [-0.2, -0.15) is 0 Å². The molecule has 0 fully saturated rings. The minimum absolute atomic E-state index is 0.0183. The molecule has 112 valence electrons. The largest absolute Gasteiger partial charge is 0.215 e. The van der Waals surface area contributed by atoms with Crippen molar-refractivity contribution in [1.82, 2.24) is 4.72 Å². The van der Waals surface area contributed by atoms with Crippen LogP contribution in [0.4, 0.5) is 0 Å². The van der Waals surface area contributed by atoms with Crippen LogP contribution >= 0.6 is 11.6 Å². The fraction of sp³-hybridized carbons (Fsp3) is 0.250. The number of benzene rings is 2. The molecule has 2 aromatic rings. The van der Waals surface area contributed by atoms with Crippen LogP contribution in [0.15, 0.2) is 54.6 Å². The van der Waals surface area contributed by atoms with E-state index in [2.05, 4.69) is 4.72 Å². The molecule has 2 rings (SSSR count). The summed E-state index contributed by atoms with van der Waals surface area (Å²) < 4.78 is 26.5. The molecule has 0 amide bonds. The lowest BCUT2D eigenvalue weighted by Crippen LogP contribution is -2.26. The van der Waals surface area contributed by atoms with Crippen molar-refractivity contribution in [2.45, 2.75) is 18.6 Å². The van der Waals surface area contributed by atoms with Gasteiger partial charge in [0.1, 0.15) is 0 Å². The summed E-state index contributed by atoms with van der Waals surface area (Å²) in [6, 6.07) is 16.9. The van der Waals surface area contributed by atoms with Gasteiger partial charge in [0.25, 0.3) is 0 Å². The topological polar surface area (TPSA) is 46.2 Å². The first-order chi connectivity index (χ1) is 10.1. The van der Waals surface area contributed by atoms with Gasteiger partial charge in [-0.3, -0.25) is 0 Å². The van der Waals surface area contributed by atoms with E-state index in [0.29, 0.717) is 11.6 Å². The molecule has 0 radical (unpaired) electrons. The lowest BCUT2D eigenvalue weighted by atomic mass is 10.1. The fourth-order valence-electron chi connectivity index (χ4n) is 2.02. The fourth-order valence-corrected chi connectivity index (χ4v) is 3.33. The molecule has 0 saturated carbocycles. The summed E-state index contributed by atoms with van der Waals surface area (Å²) >= 11 is 5.78. The number of halogens is 1. The quantitative estimate of drug-likeness (QED) is 0.794. The van der Waals surface area contributed by atoms with E-state index in [-0.39, 0.29) is 5.75 Å². The van der Waals surface area contributed by atoms with Crippen LogP contribution in [0.1, 0.15) is 17.5 Å². The molecule has 5 heteroatoms. The Bertz CT molecular complexity index is 654. The first kappa shape index (κ1) is 16.0. The number of sulfonamides is 1. The summed E-state index contributed by atoms with van der Waals surface area (Å²) in [5.74, 6) is -0.0183. The van der Waals surface area contributed by atoms with E-state index in [1.165, 1.54) is 5.56 Å². The molecule has 0 aromatic heterocycles. The van der Waals surface area contributed by atoms with Crippen molar-refractivity contribution in [1.29, 1.82) is 0 Å². The van der Waals surface area contributed by atoms with E-state index in [4.69, 9.17) is 11.6 Å². The van der Waals surface area contributed by atoms with Crippen LogP contribution in [0.25, 0.3) is 0 Å². The minimum atomic E-state index is -3.29. The number of hydrogen-bond donors (Lipinski definition) is 1.